The summed E-state index contributed by atoms with van der Waals surface area (Å²) in [6.07, 6.45) is 1.52. The van der Waals surface area contributed by atoms with Gasteiger partial charge in [0.05, 0.1) is 11.9 Å². The average molecular weight is 264 g/mol. The molecule has 0 saturated heterocycles. The molecule has 0 aliphatic rings. The van der Waals surface area contributed by atoms with Crippen molar-refractivity contribution in [3.63, 3.8) is 0 Å². The van der Waals surface area contributed by atoms with E-state index in [2.05, 4.69) is 5.10 Å². The smallest absolute Gasteiger partial charge is 0.274 e. The summed E-state index contributed by atoms with van der Waals surface area (Å²) in [6.45, 7) is 3.14. The van der Waals surface area contributed by atoms with Gasteiger partial charge in [0.25, 0.3) is 5.91 Å². The van der Waals surface area contributed by atoms with Gasteiger partial charge in [0, 0.05) is 20.1 Å². The van der Waals surface area contributed by atoms with Crippen LogP contribution >= 0.6 is 11.3 Å². The van der Waals surface area contributed by atoms with Gasteiger partial charge in [-0.3, -0.25) is 9.48 Å². The van der Waals surface area contributed by atoms with E-state index < -0.39 is 0 Å². The number of rotatable bonds is 4. The van der Waals surface area contributed by atoms with Crippen LogP contribution in [0.1, 0.15) is 23.0 Å². The second kappa shape index (κ2) is 5.22. The fourth-order valence-corrected chi connectivity index (χ4v) is 2.44. The Balaban J connectivity index is 2.17. The average Bonchev–Trinajstić information content (AvgIpc) is 2.97. The minimum Gasteiger partial charge on any atom is -0.396 e. The molecule has 0 unspecified atom stereocenters. The number of carbonyl (C=O) groups is 1. The first kappa shape index (κ1) is 12.6. The molecule has 0 fully saturated rings. The molecule has 1 amide bonds. The van der Waals surface area contributed by atoms with Crippen LogP contribution in [-0.2, 0) is 13.1 Å². The first-order valence-electron chi connectivity index (χ1n) is 5.71. The van der Waals surface area contributed by atoms with Crippen LogP contribution in [0.15, 0.2) is 23.0 Å². The molecule has 0 aromatic carbocycles. The molecule has 0 spiro atoms. The molecule has 0 radical (unpaired) electrons. The normalized spacial score (nSPS) is 10.6. The third-order valence-electron chi connectivity index (χ3n) is 2.72. The summed E-state index contributed by atoms with van der Waals surface area (Å²) >= 11 is 1.62. The maximum atomic E-state index is 12.3. The highest BCUT2D eigenvalue weighted by molar-refractivity contribution is 7.07. The number of hydrogen-bond acceptors (Lipinski definition) is 4. The van der Waals surface area contributed by atoms with E-state index in [1.54, 1.807) is 28.0 Å². The molecule has 0 bridgehead atoms. The second-order valence-corrected chi connectivity index (χ2v) is 4.84. The SMILES string of the molecule is CCn1ncc(N)c1C(=O)N(C)Cc1ccsc1. The van der Waals surface area contributed by atoms with Crippen LogP contribution in [0.25, 0.3) is 0 Å². The van der Waals surface area contributed by atoms with Gasteiger partial charge in [-0.1, -0.05) is 0 Å². The summed E-state index contributed by atoms with van der Waals surface area (Å²) in [4.78, 5) is 14.0. The van der Waals surface area contributed by atoms with Crippen molar-refractivity contribution in [2.45, 2.75) is 20.0 Å². The molecule has 0 atom stereocenters. The molecule has 2 rings (SSSR count). The molecule has 2 aromatic heterocycles. The summed E-state index contributed by atoms with van der Waals surface area (Å²) in [7, 11) is 1.77. The number of nitrogens with zero attached hydrogens (tertiary/aromatic N) is 3. The topological polar surface area (TPSA) is 64.2 Å². The Morgan fingerprint density at radius 3 is 3.00 bits per heavy atom. The number of hydrogen-bond donors (Lipinski definition) is 1. The Labute approximate surface area is 110 Å². The van der Waals surface area contributed by atoms with Crippen LogP contribution in [0, 0.1) is 0 Å². The number of carbonyl (C=O) groups excluding carboxylic acids is 1. The fraction of sp³-hybridized carbons (Fsp3) is 0.333. The van der Waals surface area contributed by atoms with Crippen molar-refractivity contribution in [2.75, 3.05) is 12.8 Å². The molecule has 2 N–H and O–H groups in total. The second-order valence-electron chi connectivity index (χ2n) is 4.06. The predicted octanol–water partition coefficient (Wildman–Crippen LogP) is 1.82. The number of nitrogen functional groups attached to an aromatic ring is 1. The van der Waals surface area contributed by atoms with Crippen LogP contribution < -0.4 is 5.73 Å². The highest BCUT2D eigenvalue weighted by Gasteiger charge is 2.20. The third kappa shape index (κ3) is 2.38. The Bertz CT molecular complexity index is 532. The maximum Gasteiger partial charge on any atom is 0.274 e. The number of anilines is 1. The van der Waals surface area contributed by atoms with E-state index in [0.717, 1.165) is 5.56 Å². The van der Waals surface area contributed by atoms with Crippen LogP contribution in [0.5, 0.6) is 0 Å². The van der Waals surface area contributed by atoms with Gasteiger partial charge in [0.1, 0.15) is 5.69 Å². The van der Waals surface area contributed by atoms with E-state index in [9.17, 15) is 4.79 Å². The van der Waals surface area contributed by atoms with Gasteiger partial charge in [-0.2, -0.15) is 16.4 Å². The quantitative estimate of drug-likeness (QED) is 0.916. The summed E-state index contributed by atoms with van der Waals surface area (Å²) in [5.74, 6) is -0.0990. The highest BCUT2D eigenvalue weighted by Crippen LogP contribution is 2.15. The Morgan fingerprint density at radius 2 is 2.39 bits per heavy atom. The molecule has 0 saturated carbocycles. The lowest BCUT2D eigenvalue weighted by molar-refractivity contribution is 0.0774. The number of nitrogens with two attached hydrogens (primary N) is 1. The molecule has 2 aromatic rings. The van der Waals surface area contributed by atoms with Gasteiger partial charge in [0.15, 0.2) is 0 Å². The number of aryl methyl sites for hydroxylation is 1. The lowest BCUT2D eigenvalue weighted by Crippen LogP contribution is -2.29. The molecule has 0 aliphatic carbocycles. The fourth-order valence-electron chi connectivity index (χ4n) is 1.78. The monoisotopic (exact) mass is 264 g/mol. The van der Waals surface area contributed by atoms with Gasteiger partial charge in [0.2, 0.25) is 0 Å². The highest BCUT2D eigenvalue weighted by atomic mass is 32.1. The summed E-state index contributed by atoms with van der Waals surface area (Å²) < 4.78 is 1.63. The zero-order chi connectivity index (χ0) is 13.1. The molecule has 0 aliphatic heterocycles. The van der Waals surface area contributed by atoms with Crippen LogP contribution in [0.3, 0.4) is 0 Å². The molecular formula is C12H16N4OS. The van der Waals surface area contributed by atoms with Gasteiger partial charge in [-0.15, -0.1) is 0 Å². The van der Waals surface area contributed by atoms with Crippen molar-refractivity contribution >= 4 is 22.9 Å². The van der Waals surface area contributed by atoms with Crippen molar-refractivity contribution in [2.24, 2.45) is 0 Å². The van der Waals surface area contributed by atoms with E-state index in [1.165, 1.54) is 6.20 Å². The van der Waals surface area contributed by atoms with Crippen molar-refractivity contribution in [3.05, 3.63) is 34.3 Å². The molecule has 5 nitrogen and oxygen atoms in total. The Morgan fingerprint density at radius 1 is 1.61 bits per heavy atom. The molecule has 2 heterocycles. The zero-order valence-electron chi connectivity index (χ0n) is 10.5. The van der Waals surface area contributed by atoms with Gasteiger partial charge < -0.3 is 10.6 Å². The largest absolute Gasteiger partial charge is 0.396 e. The van der Waals surface area contributed by atoms with E-state index >= 15 is 0 Å². The van der Waals surface area contributed by atoms with Crippen molar-refractivity contribution in [1.82, 2.24) is 14.7 Å². The van der Waals surface area contributed by atoms with Gasteiger partial charge in [-0.25, -0.2) is 0 Å². The Kier molecular flexibility index (Phi) is 3.66. The van der Waals surface area contributed by atoms with Crippen molar-refractivity contribution in [1.29, 1.82) is 0 Å². The van der Waals surface area contributed by atoms with Crippen molar-refractivity contribution < 1.29 is 4.79 Å². The molecule has 6 heteroatoms. The minimum absolute atomic E-state index is 0.0990. The predicted molar refractivity (Wildman–Crippen MR) is 72.4 cm³/mol. The zero-order valence-corrected chi connectivity index (χ0v) is 11.3. The molecule has 18 heavy (non-hydrogen) atoms. The molecule has 96 valence electrons. The first-order chi connectivity index (χ1) is 8.63. The summed E-state index contributed by atoms with van der Waals surface area (Å²) in [5.41, 5.74) is 7.82. The van der Waals surface area contributed by atoms with Gasteiger partial charge >= 0.3 is 0 Å². The lowest BCUT2D eigenvalue weighted by atomic mass is 10.3. The van der Waals surface area contributed by atoms with E-state index in [4.69, 9.17) is 5.73 Å². The summed E-state index contributed by atoms with van der Waals surface area (Å²) in [6, 6.07) is 2.01. The van der Waals surface area contributed by atoms with E-state index in [1.807, 2.05) is 23.8 Å². The van der Waals surface area contributed by atoms with E-state index in [0.29, 0.717) is 24.5 Å². The van der Waals surface area contributed by atoms with Crippen LogP contribution in [0.4, 0.5) is 5.69 Å². The van der Waals surface area contributed by atoms with Crippen molar-refractivity contribution in [3.8, 4) is 0 Å². The lowest BCUT2D eigenvalue weighted by Gasteiger charge is -2.17. The van der Waals surface area contributed by atoms with Crippen LogP contribution in [0.2, 0.25) is 0 Å². The standard InChI is InChI=1S/C12H16N4OS/c1-3-16-11(10(13)6-14-16)12(17)15(2)7-9-4-5-18-8-9/h4-6,8H,3,7,13H2,1-2H3. The number of thiophene rings is 1. The Hall–Kier alpha value is -1.82. The van der Waals surface area contributed by atoms with Crippen LogP contribution in [-0.4, -0.2) is 27.6 Å². The number of aromatic nitrogens is 2. The van der Waals surface area contributed by atoms with E-state index in [-0.39, 0.29) is 5.91 Å². The number of amides is 1. The third-order valence-corrected chi connectivity index (χ3v) is 3.45. The minimum atomic E-state index is -0.0990. The van der Waals surface area contributed by atoms with Gasteiger partial charge in [-0.05, 0) is 29.3 Å². The molecular weight excluding hydrogens is 248 g/mol. The first-order valence-corrected chi connectivity index (χ1v) is 6.65. The summed E-state index contributed by atoms with van der Waals surface area (Å²) in [5, 5.41) is 8.11. The maximum absolute atomic E-state index is 12.3.